The number of aliphatic hydroxyl groups excluding tert-OH is 1. The minimum Gasteiger partial charge on any atom is -0.510 e. The third kappa shape index (κ3) is 2.17. The summed E-state index contributed by atoms with van der Waals surface area (Å²) in [6.07, 6.45) is 0. The van der Waals surface area contributed by atoms with Crippen molar-refractivity contribution in [3.63, 3.8) is 0 Å². The lowest BCUT2D eigenvalue weighted by Gasteiger charge is -1.94. The Hall–Kier alpha value is -0.240. The van der Waals surface area contributed by atoms with Gasteiger partial charge >= 0.3 is 0 Å². The van der Waals surface area contributed by atoms with Crippen LogP contribution >= 0.6 is 12.6 Å². The van der Waals surface area contributed by atoms with Crippen LogP contribution in [0.5, 0.6) is 0 Å². The Balaban J connectivity index is 4.04. The second-order valence-corrected chi connectivity index (χ2v) is 1.39. The van der Waals surface area contributed by atoms with Crippen LogP contribution in [0.3, 0.4) is 0 Å². The molecule has 4 heteroatoms. The van der Waals surface area contributed by atoms with Crippen LogP contribution in [-0.2, 0) is 0 Å². The van der Waals surface area contributed by atoms with Crippen molar-refractivity contribution in [1.29, 1.82) is 0 Å². The molecule has 0 saturated carbocycles. The van der Waals surface area contributed by atoms with Crippen molar-refractivity contribution in [2.75, 3.05) is 0 Å². The predicted molar refractivity (Wildman–Crippen MR) is 39.3 cm³/mol. The number of rotatable bonds is 1. The fourth-order valence-electron chi connectivity index (χ4n) is 0.162. The molecule has 1 N–H and O–H groups in total. The second-order valence-electron chi connectivity index (χ2n) is 1.14. The van der Waals surface area contributed by atoms with Gasteiger partial charge in [-0.2, -0.15) is 12.6 Å². The lowest BCUT2D eigenvalue weighted by atomic mass is 9.93. The van der Waals surface area contributed by atoms with Gasteiger partial charge in [0, 0.05) is 0 Å². The quantitative estimate of drug-likeness (QED) is 0.224. The van der Waals surface area contributed by atoms with Gasteiger partial charge < -0.3 is 5.11 Å². The Bertz CT molecular complexity index is 114. The van der Waals surface area contributed by atoms with Gasteiger partial charge in [0.25, 0.3) is 0 Å². The molecule has 0 rings (SSSR count). The summed E-state index contributed by atoms with van der Waals surface area (Å²) in [6, 6.07) is 0. The van der Waals surface area contributed by atoms with Crippen LogP contribution in [-0.4, -0.2) is 20.8 Å². The number of thiol groups is 1. The average molecular weight is 122 g/mol. The molecule has 0 aromatic carbocycles. The minimum atomic E-state index is -0.153. The largest absolute Gasteiger partial charge is 0.510 e. The lowest BCUT2D eigenvalue weighted by Crippen LogP contribution is -1.85. The molecule has 0 aliphatic heterocycles. The summed E-state index contributed by atoms with van der Waals surface area (Å²) in [5, 5.41) is 9.88. The van der Waals surface area contributed by atoms with E-state index in [2.05, 4.69) is 12.6 Å². The van der Waals surface area contributed by atoms with Gasteiger partial charge in [-0.3, -0.25) is 0 Å². The molecular weight excluding hydrogens is 118 g/mol. The average Bonchev–Trinajstić information content (AvgIpc) is 1.84. The standard InChI is InChI=1S/C4H4B2OS/c5-1-4(7)3(6)2-8/h1-2,7-8H/b3-2-,4-1+. The van der Waals surface area contributed by atoms with Crippen molar-refractivity contribution in [3.8, 4) is 0 Å². The number of hydrogen-bond acceptors (Lipinski definition) is 2. The van der Waals surface area contributed by atoms with Crippen LogP contribution < -0.4 is 0 Å². The molecule has 0 atom stereocenters. The van der Waals surface area contributed by atoms with Crippen LogP contribution in [0.4, 0.5) is 0 Å². The summed E-state index contributed by atoms with van der Waals surface area (Å²) < 4.78 is 0. The van der Waals surface area contributed by atoms with E-state index >= 15 is 0 Å². The van der Waals surface area contributed by atoms with E-state index in [9.17, 15) is 0 Å². The molecular formula is C4H4B2OS. The molecule has 0 spiro atoms. The maximum Gasteiger partial charge on any atom is 0.119 e. The van der Waals surface area contributed by atoms with Gasteiger partial charge in [-0.1, -0.05) is 11.4 Å². The highest BCUT2D eigenvalue weighted by Crippen LogP contribution is 2.00. The Morgan fingerprint density at radius 2 is 2.12 bits per heavy atom. The van der Waals surface area contributed by atoms with Crippen LogP contribution in [0.15, 0.2) is 22.6 Å². The molecule has 0 unspecified atom stereocenters. The van der Waals surface area contributed by atoms with Crippen molar-refractivity contribution < 1.29 is 5.11 Å². The molecule has 38 valence electrons. The summed E-state index contributed by atoms with van der Waals surface area (Å²) in [7, 11) is 10.00. The SMILES string of the molecule is [B]/C=C(O)\C([B])=C\S. The third-order valence-corrected chi connectivity index (χ3v) is 0.871. The van der Waals surface area contributed by atoms with Gasteiger partial charge in [-0.15, -0.1) is 0 Å². The molecule has 0 amide bonds. The van der Waals surface area contributed by atoms with Crippen LogP contribution in [0.2, 0.25) is 0 Å². The summed E-state index contributed by atoms with van der Waals surface area (Å²) in [5.41, 5.74) is 0.163. The number of hydrogen-bond donors (Lipinski definition) is 2. The van der Waals surface area contributed by atoms with Gasteiger partial charge in [-0.25, -0.2) is 0 Å². The highest BCUT2D eigenvalue weighted by Gasteiger charge is 1.88. The van der Waals surface area contributed by atoms with E-state index in [4.69, 9.17) is 20.8 Å². The molecule has 8 heavy (non-hydrogen) atoms. The van der Waals surface area contributed by atoms with Crippen molar-refractivity contribution in [2.24, 2.45) is 0 Å². The van der Waals surface area contributed by atoms with Crippen molar-refractivity contribution in [3.05, 3.63) is 22.6 Å². The molecule has 0 bridgehead atoms. The Morgan fingerprint density at radius 1 is 1.62 bits per heavy atom. The summed E-state index contributed by atoms with van der Waals surface area (Å²) in [4.78, 5) is 0. The van der Waals surface area contributed by atoms with Crippen LogP contribution in [0.1, 0.15) is 0 Å². The van der Waals surface area contributed by atoms with Crippen molar-refractivity contribution >= 4 is 28.3 Å². The fraction of sp³-hybridized carbons (Fsp3) is 0. The molecule has 0 aliphatic carbocycles. The fourth-order valence-corrected chi connectivity index (χ4v) is 0.295. The smallest absolute Gasteiger partial charge is 0.119 e. The molecule has 0 saturated heterocycles. The first-order valence-electron chi connectivity index (χ1n) is 1.93. The van der Waals surface area contributed by atoms with E-state index in [0.29, 0.717) is 0 Å². The van der Waals surface area contributed by atoms with Gasteiger partial charge in [-0.05, 0) is 5.41 Å². The Labute approximate surface area is 56.7 Å². The maximum atomic E-state index is 8.62. The minimum absolute atomic E-state index is 0.153. The molecule has 0 fully saturated rings. The first-order valence-corrected chi connectivity index (χ1v) is 2.45. The highest BCUT2D eigenvalue weighted by atomic mass is 32.1. The molecule has 1 nitrogen and oxygen atoms in total. The van der Waals surface area contributed by atoms with Crippen molar-refractivity contribution in [1.82, 2.24) is 0 Å². The third-order valence-electron chi connectivity index (χ3n) is 0.593. The first kappa shape index (κ1) is 7.76. The van der Waals surface area contributed by atoms with Crippen LogP contribution in [0.25, 0.3) is 0 Å². The topological polar surface area (TPSA) is 20.2 Å². The van der Waals surface area contributed by atoms with E-state index < -0.39 is 0 Å². The van der Waals surface area contributed by atoms with Gasteiger partial charge in [0.2, 0.25) is 0 Å². The number of aliphatic hydroxyl groups is 1. The zero-order chi connectivity index (χ0) is 6.57. The van der Waals surface area contributed by atoms with E-state index in [1.807, 2.05) is 0 Å². The van der Waals surface area contributed by atoms with Gasteiger partial charge in [0.15, 0.2) is 0 Å². The molecule has 0 aromatic rings. The van der Waals surface area contributed by atoms with Gasteiger partial charge in [0.05, 0.1) is 5.76 Å². The second kappa shape index (κ2) is 3.72. The molecule has 0 aromatic heterocycles. The summed E-state index contributed by atoms with van der Waals surface area (Å²) in [5.74, 6) is 0.849. The maximum absolute atomic E-state index is 8.62. The van der Waals surface area contributed by atoms with E-state index in [1.165, 1.54) is 5.41 Å². The highest BCUT2D eigenvalue weighted by molar-refractivity contribution is 7.83. The van der Waals surface area contributed by atoms with E-state index in [0.717, 1.165) is 5.98 Å². The predicted octanol–water partition coefficient (Wildman–Crippen LogP) is 0.494. The molecule has 4 radical (unpaired) electrons. The Kier molecular flexibility index (Phi) is 3.61. The zero-order valence-electron chi connectivity index (χ0n) is 4.20. The van der Waals surface area contributed by atoms with Crippen molar-refractivity contribution in [2.45, 2.75) is 0 Å². The van der Waals surface area contributed by atoms with E-state index in [1.54, 1.807) is 0 Å². The van der Waals surface area contributed by atoms with E-state index in [-0.39, 0.29) is 11.2 Å². The monoisotopic (exact) mass is 122 g/mol. The molecule has 0 heterocycles. The van der Waals surface area contributed by atoms with Gasteiger partial charge in [0.1, 0.15) is 15.7 Å². The summed E-state index contributed by atoms with van der Waals surface area (Å²) >= 11 is 3.67. The zero-order valence-corrected chi connectivity index (χ0v) is 5.10. The number of allylic oxidation sites excluding steroid dienone is 1. The van der Waals surface area contributed by atoms with Crippen LogP contribution in [0, 0.1) is 0 Å². The summed E-state index contributed by atoms with van der Waals surface area (Å²) in [6.45, 7) is 0. The Morgan fingerprint density at radius 3 is 2.25 bits per heavy atom. The first-order chi connectivity index (χ1) is 3.72. The normalized spacial score (nSPS) is 14.1. The molecule has 0 aliphatic rings. The lowest BCUT2D eigenvalue weighted by molar-refractivity contribution is 0.431.